The van der Waals surface area contributed by atoms with Crippen molar-refractivity contribution in [2.75, 3.05) is 39.8 Å². The molecule has 6 heteroatoms. The maximum Gasteiger partial charge on any atom is 0.317 e. The number of carboxylic acid groups (broad SMARTS) is 1. The molecule has 0 saturated carbocycles. The first-order valence-corrected chi connectivity index (χ1v) is 6.48. The van der Waals surface area contributed by atoms with Crippen molar-refractivity contribution in [2.24, 2.45) is 5.92 Å². The van der Waals surface area contributed by atoms with Crippen LogP contribution in [0.1, 0.15) is 19.8 Å². The van der Waals surface area contributed by atoms with Crippen LogP contribution in [0.2, 0.25) is 0 Å². The van der Waals surface area contributed by atoms with Crippen LogP contribution >= 0.6 is 0 Å². The van der Waals surface area contributed by atoms with E-state index >= 15 is 0 Å². The van der Waals surface area contributed by atoms with Gasteiger partial charge in [0.2, 0.25) is 0 Å². The third-order valence-corrected chi connectivity index (χ3v) is 3.37. The van der Waals surface area contributed by atoms with Crippen molar-refractivity contribution in [3.05, 3.63) is 0 Å². The number of urea groups is 1. The number of rotatable bonds is 5. The molecule has 18 heavy (non-hydrogen) atoms. The Labute approximate surface area is 108 Å². The molecule has 1 saturated heterocycles. The Hall–Kier alpha value is -1.30. The topological polar surface area (TPSA) is 72.9 Å². The van der Waals surface area contributed by atoms with Gasteiger partial charge in [0.25, 0.3) is 0 Å². The number of carbonyl (C=O) groups excluding carboxylic acids is 1. The van der Waals surface area contributed by atoms with Crippen LogP contribution < -0.4 is 5.32 Å². The van der Waals surface area contributed by atoms with Crippen LogP contribution in [0.5, 0.6) is 0 Å². The van der Waals surface area contributed by atoms with Gasteiger partial charge in [0.05, 0.1) is 5.92 Å². The molecule has 6 nitrogen and oxygen atoms in total. The molecule has 1 rings (SSSR count). The van der Waals surface area contributed by atoms with Crippen molar-refractivity contribution in [1.29, 1.82) is 0 Å². The number of nitrogens with one attached hydrogen (secondary N) is 1. The van der Waals surface area contributed by atoms with Crippen molar-refractivity contribution in [1.82, 2.24) is 15.1 Å². The van der Waals surface area contributed by atoms with Crippen molar-refractivity contribution >= 4 is 12.0 Å². The van der Waals surface area contributed by atoms with E-state index < -0.39 is 11.9 Å². The first-order chi connectivity index (χ1) is 8.54. The molecule has 104 valence electrons. The fourth-order valence-corrected chi connectivity index (χ4v) is 1.99. The molecule has 0 aromatic carbocycles. The Kier molecular flexibility index (Phi) is 5.91. The molecule has 0 aromatic rings. The number of hydrogen-bond donors (Lipinski definition) is 2. The average molecular weight is 257 g/mol. The lowest BCUT2D eigenvalue weighted by molar-refractivity contribution is -0.143. The van der Waals surface area contributed by atoms with E-state index in [1.165, 1.54) is 0 Å². The summed E-state index contributed by atoms with van der Waals surface area (Å²) >= 11 is 0. The molecule has 1 aliphatic rings. The second kappa shape index (κ2) is 7.20. The molecule has 0 bridgehead atoms. The molecule has 0 spiro atoms. The Bertz CT molecular complexity index is 296. The minimum atomic E-state index is -0.807. The highest BCUT2D eigenvalue weighted by atomic mass is 16.4. The van der Waals surface area contributed by atoms with Crippen molar-refractivity contribution < 1.29 is 14.7 Å². The zero-order valence-electron chi connectivity index (χ0n) is 11.2. The third kappa shape index (κ3) is 4.52. The highest BCUT2D eigenvalue weighted by molar-refractivity contribution is 5.76. The number of hydrogen-bond acceptors (Lipinski definition) is 3. The van der Waals surface area contributed by atoms with E-state index in [2.05, 4.69) is 17.1 Å². The number of carbonyl (C=O) groups is 2. The summed E-state index contributed by atoms with van der Waals surface area (Å²) in [5.41, 5.74) is 0. The van der Waals surface area contributed by atoms with Gasteiger partial charge in [0.1, 0.15) is 0 Å². The highest BCUT2D eigenvalue weighted by Crippen LogP contribution is 2.16. The van der Waals surface area contributed by atoms with E-state index in [0.29, 0.717) is 26.1 Å². The van der Waals surface area contributed by atoms with Gasteiger partial charge in [-0.2, -0.15) is 0 Å². The number of likely N-dealkylation sites (tertiary alicyclic amines) is 1. The monoisotopic (exact) mass is 257 g/mol. The Morgan fingerprint density at radius 1 is 1.50 bits per heavy atom. The maximum atomic E-state index is 11.8. The van der Waals surface area contributed by atoms with Gasteiger partial charge < -0.3 is 20.2 Å². The largest absolute Gasteiger partial charge is 0.481 e. The first-order valence-electron chi connectivity index (χ1n) is 6.48. The molecule has 1 aliphatic heterocycles. The summed E-state index contributed by atoms with van der Waals surface area (Å²) in [4.78, 5) is 26.5. The molecule has 1 heterocycles. The molecule has 0 aromatic heterocycles. The van der Waals surface area contributed by atoms with Crippen LogP contribution in [-0.4, -0.2) is 66.7 Å². The SMILES string of the molecule is CCN(C)CCNC(=O)N1CCC[C@@H](C(=O)O)C1. The zero-order chi connectivity index (χ0) is 13.5. The molecule has 1 fully saturated rings. The number of amides is 2. The summed E-state index contributed by atoms with van der Waals surface area (Å²) in [6.07, 6.45) is 1.43. The number of carboxylic acids is 1. The quantitative estimate of drug-likeness (QED) is 0.750. The highest BCUT2D eigenvalue weighted by Gasteiger charge is 2.27. The van der Waals surface area contributed by atoms with Gasteiger partial charge in [-0.1, -0.05) is 6.92 Å². The van der Waals surface area contributed by atoms with Crippen LogP contribution in [0.4, 0.5) is 4.79 Å². The average Bonchev–Trinajstić information content (AvgIpc) is 2.38. The molecule has 1 atom stereocenters. The fraction of sp³-hybridized carbons (Fsp3) is 0.833. The summed E-state index contributed by atoms with van der Waals surface area (Å²) in [6.45, 7) is 5.38. The normalized spacial score (nSPS) is 19.9. The van der Waals surface area contributed by atoms with Gasteiger partial charge in [-0.05, 0) is 26.4 Å². The number of likely N-dealkylation sites (N-methyl/N-ethyl adjacent to an activating group) is 1. The lowest BCUT2D eigenvalue weighted by Crippen LogP contribution is -2.48. The van der Waals surface area contributed by atoms with E-state index in [1.54, 1.807) is 4.90 Å². The Morgan fingerprint density at radius 3 is 2.83 bits per heavy atom. The minimum absolute atomic E-state index is 0.148. The van der Waals surface area contributed by atoms with E-state index in [9.17, 15) is 9.59 Å². The minimum Gasteiger partial charge on any atom is -0.481 e. The maximum absolute atomic E-state index is 11.8. The van der Waals surface area contributed by atoms with E-state index in [-0.39, 0.29) is 6.03 Å². The second-order valence-electron chi connectivity index (χ2n) is 4.75. The molecule has 2 N–H and O–H groups in total. The van der Waals surface area contributed by atoms with Gasteiger partial charge in [-0.3, -0.25) is 4.79 Å². The van der Waals surface area contributed by atoms with E-state index in [0.717, 1.165) is 19.5 Å². The van der Waals surface area contributed by atoms with Crippen LogP contribution in [0.3, 0.4) is 0 Å². The van der Waals surface area contributed by atoms with Gasteiger partial charge in [-0.25, -0.2) is 4.79 Å². The summed E-state index contributed by atoms with van der Waals surface area (Å²) in [6, 6.07) is -0.148. The second-order valence-corrected chi connectivity index (χ2v) is 4.75. The van der Waals surface area contributed by atoms with Crippen LogP contribution in [0.15, 0.2) is 0 Å². The smallest absolute Gasteiger partial charge is 0.317 e. The van der Waals surface area contributed by atoms with Gasteiger partial charge in [0, 0.05) is 26.2 Å². The van der Waals surface area contributed by atoms with Gasteiger partial charge in [-0.15, -0.1) is 0 Å². The first kappa shape index (κ1) is 14.8. The molecule has 0 aliphatic carbocycles. The predicted molar refractivity (Wildman–Crippen MR) is 68.5 cm³/mol. The zero-order valence-corrected chi connectivity index (χ0v) is 11.2. The summed E-state index contributed by atoms with van der Waals surface area (Å²) < 4.78 is 0. The lowest BCUT2D eigenvalue weighted by atomic mass is 9.99. The predicted octanol–water partition coefficient (Wildman–Crippen LogP) is 0.444. The van der Waals surface area contributed by atoms with E-state index in [1.807, 2.05) is 7.05 Å². The third-order valence-electron chi connectivity index (χ3n) is 3.37. The van der Waals surface area contributed by atoms with Crippen LogP contribution in [-0.2, 0) is 4.79 Å². The number of nitrogens with zero attached hydrogens (tertiary/aromatic N) is 2. The van der Waals surface area contributed by atoms with Gasteiger partial charge in [0.15, 0.2) is 0 Å². The van der Waals surface area contributed by atoms with Crippen molar-refractivity contribution in [2.45, 2.75) is 19.8 Å². The lowest BCUT2D eigenvalue weighted by Gasteiger charge is -2.30. The molecule has 2 amide bonds. The standard InChI is InChI=1S/C12H23N3O3/c1-3-14(2)8-6-13-12(18)15-7-4-5-10(9-15)11(16)17/h10H,3-9H2,1-2H3,(H,13,18)(H,16,17)/t10-/m1/s1. The molecular formula is C12H23N3O3. The molecular weight excluding hydrogens is 234 g/mol. The van der Waals surface area contributed by atoms with Crippen LogP contribution in [0, 0.1) is 5.92 Å². The molecule has 0 unspecified atom stereocenters. The number of piperidine rings is 1. The fourth-order valence-electron chi connectivity index (χ4n) is 1.99. The van der Waals surface area contributed by atoms with E-state index in [4.69, 9.17) is 5.11 Å². The van der Waals surface area contributed by atoms with Gasteiger partial charge >= 0.3 is 12.0 Å². The summed E-state index contributed by atoms with van der Waals surface area (Å²) in [5.74, 6) is -1.22. The Balaban J connectivity index is 2.30. The number of aliphatic carboxylic acids is 1. The molecule has 0 radical (unpaired) electrons. The Morgan fingerprint density at radius 2 is 2.22 bits per heavy atom. The van der Waals surface area contributed by atoms with Crippen molar-refractivity contribution in [3.63, 3.8) is 0 Å². The summed E-state index contributed by atoms with van der Waals surface area (Å²) in [5, 5.41) is 11.8. The summed E-state index contributed by atoms with van der Waals surface area (Å²) in [7, 11) is 1.99. The van der Waals surface area contributed by atoms with Crippen LogP contribution in [0.25, 0.3) is 0 Å². The van der Waals surface area contributed by atoms with Crippen molar-refractivity contribution in [3.8, 4) is 0 Å².